The Morgan fingerprint density at radius 3 is 3.00 bits per heavy atom. The van der Waals surface area contributed by atoms with Gasteiger partial charge in [-0.25, -0.2) is 0 Å². The molecule has 0 radical (unpaired) electrons. The first-order chi connectivity index (χ1) is 6.34. The molecular weight excluding hydrogens is 180 g/mol. The summed E-state index contributed by atoms with van der Waals surface area (Å²) in [5, 5.41) is 3.19. The quantitative estimate of drug-likeness (QED) is 0.679. The maximum atomic E-state index is 3.19. The molecule has 1 aliphatic heterocycles. The first-order valence-corrected chi connectivity index (χ1v) is 6.42. The molecule has 0 aliphatic carbocycles. The molecular formula is C10H22N2S. The summed E-state index contributed by atoms with van der Waals surface area (Å²) in [6.45, 7) is 2.39. The number of hydrogen-bond acceptors (Lipinski definition) is 3. The molecule has 1 unspecified atom stereocenters. The highest BCUT2D eigenvalue weighted by Gasteiger charge is 2.17. The van der Waals surface area contributed by atoms with Gasteiger partial charge in [-0.15, -0.1) is 0 Å². The average molecular weight is 202 g/mol. The van der Waals surface area contributed by atoms with Gasteiger partial charge in [0.25, 0.3) is 0 Å². The monoisotopic (exact) mass is 202 g/mol. The number of thioether (sulfide) groups is 1. The van der Waals surface area contributed by atoms with E-state index in [1.165, 1.54) is 37.3 Å². The molecule has 78 valence electrons. The molecule has 0 amide bonds. The van der Waals surface area contributed by atoms with Crippen molar-refractivity contribution in [3.8, 4) is 0 Å². The van der Waals surface area contributed by atoms with Gasteiger partial charge >= 0.3 is 0 Å². The fourth-order valence-corrected chi connectivity index (χ4v) is 2.99. The van der Waals surface area contributed by atoms with Crippen molar-refractivity contribution in [2.24, 2.45) is 0 Å². The van der Waals surface area contributed by atoms with E-state index in [9.17, 15) is 0 Å². The smallest absolute Gasteiger partial charge is 0.0183 e. The van der Waals surface area contributed by atoms with Crippen LogP contribution in [-0.2, 0) is 0 Å². The van der Waals surface area contributed by atoms with Gasteiger partial charge in [0.1, 0.15) is 0 Å². The zero-order chi connectivity index (χ0) is 9.52. The van der Waals surface area contributed by atoms with Gasteiger partial charge in [-0.05, 0) is 52.2 Å². The van der Waals surface area contributed by atoms with Crippen LogP contribution < -0.4 is 5.32 Å². The third kappa shape index (κ3) is 4.34. The van der Waals surface area contributed by atoms with E-state index in [4.69, 9.17) is 0 Å². The Morgan fingerprint density at radius 2 is 2.38 bits per heavy atom. The molecule has 3 heteroatoms. The van der Waals surface area contributed by atoms with Crippen LogP contribution in [0, 0.1) is 0 Å². The van der Waals surface area contributed by atoms with Crippen molar-refractivity contribution >= 4 is 11.8 Å². The second-order valence-electron chi connectivity index (χ2n) is 3.81. The minimum absolute atomic E-state index is 0.843. The molecule has 1 atom stereocenters. The minimum atomic E-state index is 0.843. The van der Waals surface area contributed by atoms with Crippen molar-refractivity contribution in [3.05, 3.63) is 0 Å². The van der Waals surface area contributed by atoms with Crippen LogP contribution in [0.1, 0.15) is 19.3 Å². The molecule has 2 nitrogen and oxygen atoms in total. The lowest BCUT2D eigenvalue weighted by atomic mass is 10.1. The highest BCUT2D eigenvalue weighted by molar-refractivity contribution is 7.99. The lowest BCUT2D eigenvalue weighted by molar-refractivity contribution is 0.243. The predicted octanol–water partition coefficient (Wildman–Crippen LogP) is 1.42. The molecule has 0 aromatic heterocycles. The van der Waals surface area contributed by atoms with Crippen LogP contribution in [0.15, 0.2) is 0 Å². The Bertz CT molecular complexity index is 124. The SMILES string of the molecule is CNCCCN(C)C1CCCSC1. The predicted molar refractivity (Wildman–Crippen MR) is 61.5 cm³/mol. The molecule has 1 rings (SSSR count). The molecule has 0 aromatic carbocycles. The second-order valence-corrected chi connectivity index (χ2v) is 4.96. The lowest BCUT2D eigenvalue weighted by Crippen LogP contribution is -2.37. The van der Waals surface area contributed by atoms with Crippen molar-refractivity contribution in [2.75, 3.05) is 38.7 Å². The summed E-state index contributed by atoms with van der Waals surface area (Å²) < 4.78 is 0. The largest absolute Gasteiger partial charge is 0.320 e. The van der Waals surface area contributed by atoms with Crippen LogP contribution in [-0.4, -0.2) is 49.6 Å². The zero-order valence-corrected chi connectivity index (χ0v) is 9.70. The van der Waals surface area contributed by atoms with Crippen LogP contribution in [0.3, 0.4) is 0 Å². The van der Waals surface area contributed by atoms with Crippen LogP contribution in [0.2, 0.25) is 0 Å². The molecule has 0 aromatic rings. The number of hydrogen-bond donors (Lipinski definition) is 1. The molecule has 13 heavy (non-hydrogen) atoms. The Balaban J connectivity index is 2.09. The summed E-state index contributed by atoms with van der Waals surface area (Å²) >= 11 is 2.11. The molecule has 0 spiro atoms. The molecule has 1 N–H and O–H groups in total. The fraction of sp³-hybridized carbons (Fsp3) is 1.00. The maximum Gasteiger partial charge on any atom is 0.0183 e. The molecule has 1 saturated heterocycles. The third-order valence-electron chi connectivity index (χ3n) is 2.70. The second kappa shape index (κ2) is 6.68. The van der Waals surface area contributed by atoms with Gasteiger partial charge in [-0.2, -0.15) is 11.8 Å². The molecule has 1 heterocycles. The summed E-state index contributed by atoms with van der Waals surface area (Å²) in [6.07, 6.45) is 4.09. The minimum Gasteiger partial charge on any atom is -0.320 e. The van der Waals surface area contributed by atoms with Gasteiger partial charge in [0.05, 0.1) is 0 Å². The van der Waals surface area contributed by atoms with E-state index in [0.717, 1.165) is 12.6 Å². The zero-order valence-electron chi connectivity index (χ0n) is 8.88. The summed E-state index contributed by atoms with van der Waals surface area (Å²) in [7, 11) is 4.29. The van der Waals surface area contributed by atoms with Crippen LogP contribution in [0.25, 0.3) is 0 Å². The summed E-state index contributed by atoms with van der Waals surface area (Å²) in [5.41, 5.74) is 0. The number of nitrogens with zero attached hydrogens (tertiary/aromatic N) is 1. The van der Waals surface area contributed by atoms with Crippen molar-refractivity contribution in [3.63, 3.8) is 0 Å². The summed E-state index contributed by atoms with van der Waals surface area (Å²) in [6, 6.07) is 0.843. The Kier molecular flexibility index (Phi) is 5.83. The molecule has 1 fully saturated rings. The standard InChI is InChI=1S/C10H22N2S/c1-11-6-4-7-12(2)10-5-3-8-13-9-10/h10-11H,3-9H2,1-2H3. The third-order valence-corrected chi connectivity index (χ3v) is 3.90. The van der Waals surface area contributed by atoms with Gasteiger partial charge in [0, 0.05) is 11.8 Å². The van der Waals surface area contributed by atoms with E-state index in [1.807, 2.05) is 7.05 Å². The van der Waals surface area contributed by atoms with Crippen molar-refractivity contribution in [2.45, 2.75) is 25.3 Å². The van der Waals surface area contributed by atoms with Crippen molar-refractivity contribution in [1.82, 2.24) is 10.2 Å². The first kappa shape index (κ1) is 11.3. The van der Waals surface area contributed by atoms with Crippen molar-refractivity contribution in [1.29, 1.82) is 0 Å². The number of rotatable bonds is 5. The highest BCUT2D eigenvalue weighted by atomic mass is 32.2. The van der Waals surface area contributed by atoms with Gasteiger partial charge in [-0.3, -0.25) is 0 Å². The van der Waals surface area contributed by atoms with E-state index in [2.05, 4.69) is 29.0 Å². The normalized spacial score (nSPS) is 23.8. The topological polar surface area (TPSA) is 15.3 Å². The van der Waals surface area contributed by atoms with Crippen LogP contribution >= 0.6 is 11.8 Å². The van der Waals surface area contributed by atoms with Gasteiger partial charge in [0.2, 0.25) is 0 Å². The van der Waals surface area contributed by atoms with Gasteiger partial charge < -0.3 is 10.2 Å². The Morgan fingerprint density at radius 1 is 1.54 bits per heavy atom. The van der Waals surface area contributed by atoms with Gasteiger partial charge in [-0.1, -0.05) is 0 Å². The van der Waals surface area contributed by atoms with Crippen LogP contribution in [0.5, 0.6) is 0 Å². The van der Waals surface area contributed by atoms with Gasteiger partial charge in [0.15, 0.2) is 0 Å². The summed E-state index contributed by atoms with van der Waals surface area (Å²) in [5.74, 6) is 2.72. The Hall–Kier alpha value is 0.270. The lowest BCUT2D eigenvalue weighted by Gasteiger charge is -2.30. The number of nitrogens with one attached hydrogen (secondary N) is 1. The fourth-order valence-electron chi connectivity index (χ4n) is 1.76. The maximum absolute atomic E-state index is 3.19. The average Bonchev–Trinajstić information content (AvgIpc) is 2.19. The van der Waals surface area contributed by atoms with E-state index < -0.39 is 0 Å². The first-order valence-electron chi connectivity index (χ1n) is 5.27. The van der Waals surface area contributed by atoms with Crippen LogP contribution in [0.4, 0.5) is 0 Å². The molecule has 0 saturated carbocycles. The van der Waals surface area contributed by atoms with E-state index in [0.29, 0.717) is 0 Å². The van der Waals surface area contributed by atoms with E-state index in [-0.39, 0.29) is 0 Å². The van der Waals surface area contributed by atoms with E-state index >= 15 is 0 Å². The Labute approximate surface area is 86.5 Å². The van der Waals surface area contributed by atoms with Crippen molar-refractivity contribution < 1.29 is 0 Å². The summed E-state index contributed by atoms with van der Waals surface area (Å²) in [4.78, 5) is 2.53. The molecule has 0 bridgehead atoms. The molecule has 1 aliphatic rings. The highest BCUT2D eigenvalue weighted by Crippen LogP contribution is 2.20. The van der Waals surface area contributed by atoms with E-state index in [1.54, 1.807) is 0 Å².